The van der Waals surface area contributed by atoms with E-state index in [0.717, 1.165) is 12.4 Å². The third-order valence-corrected chi connectivity index (χ3v) is 2.62. The fraction of sp³-hybridized carbons (Fsp3) is 0.600. The van der Waals surface area contributed by atoms with E-state index in [1.54, 1.807) is 6.33 Å². The highest BCUT2D eigenvalue weighted by Crippen LogP contribution is 2.34. The van der Waals surface area contributed by atoms with Crippen LogP contribution in [0.5, 0.6) is 0 Å². The van der Waals surface area contributed by atoms with E-state index in [2.05, 4.69) is 35.6 Å². The summed E-state index contributed by atoms with van der Waals surface area (Å²) >= 11 is 0. The van der Waals surface area contributed by atoms with Gasteiger partial charge < -0.3 is 4.90 Å². The summed E-state index contributed by atoms with van der Waals surface area (Å²) in [7, 11) is 0. The lowest BCUT2D eigenvalue weighted by atomic mass is 10.1. The number of fused-ring (bicyclic) bond motifs is 1. The maximum absolute atomic E-state index is 4.33. The predicted molar refractivity (Wildman–Crippen MR) is 52.9 cm³/mol. The van der Waals surface area contributed by atoms with Crippen molar-refractivity contribution in [1.82, 2.24) is 9.97 Å². The van der Waals surface area contributed by atoms with Crippen molar-refractivity contribution in [3.63, 3.8) is 0 Å². The SMILES string of the molecule is CC1CN(C(C)C)c2ncncc21. The Morgan fingerprint density at radius 3 is 3.00 bits per heavy atom. The molecule has 2 heterocycles. The summed E-state index contributed by atoms with van der Waals surface area (Å²) in [6, 6.07) is 0.526. The molecule has 1 aliphatic rings. The van der Waals surface area contributed by atoms with Crippen molar-refractivity contribution < 1.29 is 0 Å². The van der Waals surface area contributed by atoms with Gasteiger partial charge in [0, 0.05) is 30.3 Å². The van der Waals surface area contributed by atoms with Gasteiger partial charge in [-0.05, 0) is 13.8 Å². The van der Waals surface area contributed by atoms with E-state index in [0.29, 0.717) is 12.0 Å². The minimum absolute atomic E-state index is 0.526. The predicted octanol–water partition coefficient (Wildman–Crippen LogP) is 1.81. The third kappa shape index (κ3) is 1.28. The van der Waals surface area contributed by atoms with Crippen LogP contribution >= 0.6 is 0 Å². The van der Waals surface area contributed by atoms with Crippen LogP contribution in [0.15, 0.2) is 12.5 Å². The summed E-state index contributed by atoms with van der Waals surface area (Å²) in [5.41, 5.74) is 1.29. The zero-order valence-corrected chi connectivity index (χ0v) is 8.36. The number of hydrogen-bond acceptors (Lipinski definition) is 3. The molecule has 0 aromatic carbocycles. The summed E-state index contributed by atoms with van der Waals surface area (Å²) in [6.07, 6.45) is 3.57. The molecule has 1 unspecified atom stereocenters. The van der Waals surface area contributed by atoms with Gasteiger partial charge in [-0.1, -0.05) is 6.92 Å². The van der Waals surface area contributed by atoms with Gasteiger partial charge in [0.1, 0.15) is 12.1 Å². The van der Waals surface area contributed by atoms with Crippen molar-refractivity contribution in [2.45, 2.75) is 32.7 Å². The number of aromatic nitrogens is 2. The minimum Gasteiger partial charge on any atom is -0.353 e. The maximum Gasteiger partial charge on any atom is 0.135 e. The van der Waals surface area contributed by atoms with Gasteiger partial charge in [0.25, 0.3) is 0 Å². The van der Waals surface area contributed by atoms with Crippen LogP contribution in [0.3, 0.4) is 0 Å². The normalized spacial score (nSPS) is 20.9. The first-order chi connectivity index (χ1) is 6.20. The molecule has 1 aromatic rings. The molecule has 0 spiro atoms. The molecule has 0 aliphatic carbocycles. The van der Waals surface area contributed by atoms with Gasteiger partial charge in [-0.2, -0.15) is 0 Å². The van der Waals surface area contributed by atoms with Crippen LogP contribution in [-0.4, -0.2) is 22.6 Å². The first-order valence-corrected chi connectivity index (χ1v) is 4.76. The maximum atomic E-state index is 4.33. The van der Waals surface area contributed by atoms with Crippen molar-refractivity contribution in [2.24, 2.45) is 0 Å². The van der Waals surface area contributed by atoms with Crippen LogP contribution in [0.2, 0.25) is 0 Å². The largest absolute Gasteiger partial charge is 0.353 e. The zero-order chi connectivity index (χ0) is 9.42. The monoisotopic (exact) mass is 177 g/mol. The van der Waals surface area contributed by atoms with Crippen LogP contribution in [0, 0.1) is 0 Å². The molecule has 0 radical (unpaired) electrons. The molecule has 0 amide bonds. The standard InChI is InChI=1S/C10H15N3/c1-7(2)13-5-8(3)9-4-11-6-12-10(9)13/h4,6-8H,5H2,1-3H3. The Kier molecular flexibility index (Phi) is 1.94. The summed E-state index contributed by atoms with van der Waals surface area (Å²) in [6.45, 7) is 7.70. The number of anilines is 1. The average molecular weight is 177 g/mol. The van der Waals surface area contributed by atoms with Crippen LogP contribution in [0.1, 0.15) is 32.3 Å². The van der Waals surface area contributed by atoms with Crippen LogP contribution in [0.25, 0.3) is 0 Å². The van der Waals surface area contributed by atoms with E-state index in [1.165, 1.54) is 5.56 Å². The molecule has 1 aromatic heterocycles. The van der Waals surface area contributed by atoms with Crippen LogP contribution in [-0.2, 0) is 0 Å². The Labute approximate surface area is 78.8 Å². The van der Waals surface area contributed by atoms with E-state index < -0.39 is 0 Å². The van der Waals surface area contributed by atoms with Gasteiger partial charge in [-0.25, -0.2) is 9.97 Å². The molecule has 3 nitrogen and oxygen atoms in total. The van der Waals surface area contributed by atoms with Gasteiger partial charge in [0.05, 0.1) is 0 Å². The van der Waals surface area contributed by atoms with Crippen molar-refractivity contribution in [1.29, 1.82) is 0 Å². The summed E-state index contributed by atoms with van der Waals surface area (Å²) in [5.74, 6) is 1.69. The minimum atomic E-state index is 0.526. The quantitative estimate of drug-likeness (QED) is 0.655. The molecule has 0 N–H and O–H groups in total. The highest BCUT2D eigenvalue weighted by molar-refractivity contribution is 5.53. The number of rotatable bonds is 1. The Bertz CT molecular complexity index is 309. The summed E-state index contributed by atoms with van der Waals surface area (Å²) < 4.78 is 0. The van der Waals surface area contributed by atoms with Crippen molar-refractivity contribution in [3.05, 3.63) is 18.1 Å². The number of hydrogen-bond donors (Lipinski definition) is 0. The molecule has 0 fully saturated rings. The molecule has 70 valence electrons. The lowest BCUT2D eigenvalue weighted by Gasteiger charge is -2.22. The Morgan fingerprint density at radius 1 is 1.54 bits per heavy atom. The second-order valence-corrected chi connectivity index (χ2v) is 3.95. The fourth-order valence-electron chi connectivity index (χ4n) is 1.86. The average Bonchev–Trinajstić information content (AvgIpc) is 2.45. The number of nitrogens with zero attached hydrogens (tertiary/aromatic N) is 3. The molecule has 3 heteroatoms. The van der Waals surface area contributed by atoms with Gasteiger partial charge in [0.15, 0.2) is 0 Å². The summed E-state index contributed by atoms with van der Waals surface area (Å²) in [5, 5.41) is 0. The van der Waals surface area contributed by atoms with Gasteiger partial charge in [-0.15, -0.1) is 0 Å². The molecular formula is C10H15N3. The molecule has 0 saturated heterocycles. The fourth-order valence-corrected chi connectivity index (χ4v) is 1.86. The molecular weight excluding hydrogens is 162 g/mol. The zero-order valence-electron chi connectivity index (χ0n) is 8.36. The second kappa shape index (κ2) is 2.98. The Balaban J connectivity index is 2.41. The highest BCUT2D eigenvalue weighted by Gasteiger charge is 2.28. The van der Waals surface area contributed by atoms with Crippen molar-refractivity contribution >= 4 is 5.82 Å². The van der Waals surface area contributed by atoms with Gasteiger partial charge in [0.2, 0.25) is 0 Å². The first-order valence-electron chi connectivity index (χ1n) is 4.76. The van der Waals surface area contributed by atoms with Gasteiger partial charge in [-0.3, -0.25) is 0 Å². The molecule has 0 saturated carbocycles. The first kappa shape index (κ1) is 8.48. The van der Waals surface area contributed by atoms with E-state index >= 15 is 0 Å². The topological polar surface area (TPSA) is 29.0 Å². The Hall–Kier alpha value is -1.12. The highest BCUT2D eigenvalue weighted by atomic mass is 15.2. The smallest absolute Gasteiger partial charge is 0.135 e. The van der Waals surface area contributed by atoms with Gasteiger partial charge >= 0.3 is 0 Å². The van der Waals surface area contributed by atoms with Crippen LogP contribution in [0.4, 0.5) is 5.82 Å². The molecule has 1 atom stereocenters. The van der Waals surface area contributed by atoms with E-state index in [9.17, 15) is 0 Å². The second-order valence-electron chi connectivity index (χ2n) is 3.95. The lowest BCUT2D eigenvalue weighted by molar-refractivity contribution is 0.666. The molecule has 2 rings (SSSR count). The van der Waals surface area contributed by atoms with Crippen molar-refractivity contribution in [3.8, 4) is 0 Å². The Morgan fingerprint density at radius 2 is 2.31 bits per heavy atom. The van der Waals surface area contributed by atoms with E-state index in [-0.39, 0.29) is 0 Å². The third-order valence-electron chi connectivity index (χ3n) is 2.62. The molecule has 13 heavy (non-hydrogen) atoms. The van der Waals surface area contributed by atoms with E-state index in [1.807, 2.05) is 6.20 Å². The van der Waals surface area contributed by atoms with Crippen LogP contribution < -0.4 is 4.90 Å². The molecule has 0 bridgehead atoms. The van der Waals surface area contributed by atoms with Crippen molar-refractivity contribution in [2.75, 3.05) is 11.4 Å². The summed E-state index contributed by atoms with van der Waals surface area (Å²) in [4.78, 5) is 10.7. The van der Waals surface area contributed by atoms with E-state index in [4.69, 9.17) is 0 Å². The lowest BCUT2D eigenvalue weighted by Crippen LogP contribution is -2.29. The molecule has 1 aliphatic heterocycles.